The molecular weight excluding hydrogens is 289 g/mol. The minimum absolute atomic E-state index is 0.180. The number of likely N-dealkylation sites (N-methyl/N-ethyl adjacent to an activating group) is 1. The third-order valence-corrected chi connectivity index (χ3v) is 3.75. The highest BCUT2D eigenvalue weighted by atomic mass is 19.1. The van der Waals surface area contributed by atoms with Crippen molar-refractivity contribution in [2.45, 2.75) is 13.1 Å². The molecule has 0 unspecified atom stereocenters. The quantitative estimate of drug-likeness (QED) is 0.755. The number of rotatable bonds is 8. The molecule has 0 bridgehead atoms. The molecule has 0 amide bonds. The second-order valence-electron chi connectivity index (χ2n) is 6.11. The molecule has 0 spiro atoms. The number of anilines is 1. The van der Waals surface area contributed by atoms with Crippen molar-refractivity contribution in [2.24, 2.45) is 0 Å². The van der Waals surface area contributed by atoms with E-state index in [9.17, 15) is 4.39 Å². The zero-order chi connectivity index (χ0) is 16.7. The third-order valence-electron chi connectivity index (χ3n) is 3.75. The fourth-order valence-electron chi connectivity index (χ4n) is 2.44. The summed E-state index contributed by atoms with van der Waals surface area (Å²) in [5.41, 5.74) is 2.91. The highest BCUT2D eigenvalue weighted by molar-refractivity contribution is 5.50. The number of benzene rings is 2. The Morgan fingerprint density at radius 3 is 2.39 bits per heavy atom. The summed E-state index contributed by atoms with van der Waals surface area (Å²) >= 11 is 0. The van der Waals surface area contributed by atoms with Gasteiger partial charge in [-0.25, -0.2) is 4.39 Å². The number of hydrogen-bond donors (Lipinski definition) is 1. The molecule has 0 saturated carbocycles. The van der Waals surface area contributed by atoms with Gasteiger partial charge >= 0.3 is 0 Å². The molecule has 3 nitrogen and oxygen atoms in total. The molecule has 0 atom stereocenters. The van der Waals surface area contributed by atoms with Crippen LogP contribution in [0.15, 0.2) is 48.5 Å². The summed E-state index contributed by atoms with van der Waals surface area (Å²) in [6, 6.07) is 15.4. The fraction of sp³-hybridized carbons (Fsp3) is 0.368. The molecule has 0 saturated heterocycles. The minimum atomic E-state index is -0.180. The lowest BCUT2D eigenvalue weighted by Crippen LogP contribution is -2.26. The van der Waals surface area contributed by atoms with E-state index in [1.807, 2.05) is 42.3 Å². The summed E-state index contributed by atoms with van der Waals surface area (Å²) < 4.78 is 14.1. The monoisotopic (exact) mass is 315 g/mol. The van der Waals surface area contributed by atoms with Crippen molar-refractivity contribution < 1.29 is 4.39 Å². The number of halogens is 1. The minimum Gasteiger partial charge on any atom is -0.368 e. The second-order valence-corrected chi connectivity index (χ2v) is 6.11. The highest BCUT2D eigenvalue weighted by Gasteiger charge is 2.09. The van der Waals surface area contributed by atoms with Gasteiger partial charge in [0.25, 0.3) is 0 Å². The molecular formula is C19H26FN3. The lowest BCUT2D eigenvalue weighted by atomic mass is 10.1. The van der Waals surface area contributed by atoms with Crippen LogP contribution >= 0.6 is 0 Å². The number of hydrogen-bond acceptors (Lipinski definition) is 3. The molecule has 0 heterocycles. The van der Waals surface area contributed by atoms with Crippen LogP contribution in [0.2, 0.25) is 0 Å². The normalized spacial score (nSPS) is 11.0. The van der Waals surface area contributed by atoms with Gasteiger partial charge in [-0.15, -0.1) is 0 Å². The van der Waals surface area contributed by atoms with Crippen molar-refractivity contribution in [3.63, 3.8) is 0 Å². The van der Waals surface area contributed by atoms with Crippen molar-refractivity contribution in [2.75, 3.05) is 39.1 Å². The summed E-state index contributed by atoms with van der Waals surface area (Å²) in [4.78, 5) is 4.09. The third kappa shape index (κ3) is 5.66. The van der Waals surface area contributed by atoms with Crippen LogP contribution in [0.4, 0.5) is 10.1 Å². The van der Waals surface area contributed by atoms with Crippen molar-refractivity contribution in [1.82, 2.24) is 10.2 Å². The van der Waals surface area contributed by atoms with E-state index in [0.29, 0.717) is 12.2 Å². The summed E-state index contributed by atoms with van der Waals surface area (Å²) in [5, 5.41) is 3.39. The first-order chi connectivity index (χ1) is 11.1. The summed E-state index contributed by atoms with van der Waals surface area (Å²) in [6.07, 6.45) is 0. The summed E-state index contributed by atoms with van der Waals surface area (Å²) in [6.45, 7) is 3.34. The van der Waals surface area contributed by atoms with E-state index in [1.54, 1.807) is 6.07 Å². The zero-order valence-electron chi connectivity index (χ0n) is 14.2. The van der Waals surface area contributed by atoms with Crippen molar-refractivity contribution in [3.05, 3.63) is 65.5 Å². The molecule has 2 rings (SSSR count). The highest BCUT2D eigenvalue weighted by Crippen LogP contribution is 2.21. The van der Waals surface area contributed by atoms with Gasteiger partial charge in [-0.3, -0.25) is 0 Å². The van der Waals surface area contributed by atoms with E-state index >= 15 is 0 Å². The van der Waals surface area contributed by atoms with Crippen LogP contribution in [0.1, 0.15) is 11.1 Å². The summed E-state index contributed by atoms with van der Waals surface area (Å²) in [7, 11) is 6.03. The number of nitrogens with one attached hydrogen (secondary N) is 1. The van der Waals surface area contributed by atoms with Gasteiger partial charge < -0.3 is 15.1 Å². The Balaban J connectivity index is 1.99. The molecule has 0 aliphatic carbocycles. The van der Waals surface area contributed by atoms with Gasteiger partial charge in [-0.1, -0.05) is 36.4 Å². The second kappa shape index (κ2) is 8.65. The fourth-order valence-corrected chi connectivity index (χ4v) is 2.44. The average molecular weight is 315 g/mol. The van der Waals surface area contributed by atoms with Crippen LogP contribution in [-0.4, -0.2) is 39.1 Å². The topological polar surface area (TPSA) is 18.5 Å². The average Bonchev–Trinajstić information content (AvgIpc) is 2.53. The van der Waals surface area contributed by atoms with Crippen LogP contribution in [0.5, 0.6) is 0 Å². The molecule has 0 radical (unpaired) electrons. The van der Waals surface area contributed by atoms with Crippen LogP contribution in [-0.2, 0) is 13.1 Å². The van der Waals surface area contributed by atoms with E-state index in [2.05, 4.69) is 36.4 Å². The molecule has 2 aromatic carbocycles. The van der Waals surface area contributed by atoms with Crippen LogP contribution in [0.3, 0.4) is 0 Å². The van der Waals surface area contributed by atoms with Crippen LogP contribution in [0, 0.1) is 5.82 Å². The molecule has 0 aliphatic rings. The SMILES string of the molecule is CN(C)CCNCc1ccc(F)c(N(C)Cc2ccccc2)c1. The zero-order valence-corrected chi connectivity index (χ0v) is 14.2. The van der Waals surface area contributed by atoms with Gasteiger partial charge in [-0.05, 0) is 37.4 Å². The van der Waals surface area contributed by atoms with E-state index in [4.69, 9.17) is 0 Å². The maximum Gasteiger partial charge on any atom is 0.146 e. The predicted octanol–water partition coefficient (Wildman–Crippen LogP) is 3.11. The Morgan fingerprint density at radius 2 is 1.70 bits per heavy atom. The van der Waals surface area contributed by atoms with Crippen molar-refractivity contribution >= 4 is 5.69 Å². The van der Waals surface area contributed by atoms with Gasteiger partial charge in [-0.2, -0.15) is 0 Å². The van der Waals surface area contributed by atoms with E-state index in [0.717, 1.165) is 25.2 Å². The molecule has 124 valence electrons. The maximum atomic E-state index is 14.1. The predicted molar refractivity (Wildman–Crippen MR) is 95.2 cm³/mol. The Hall–Kier alpha value is -1.91. The number of nitrogens with zero attached hydrogens (tertiary/aromatic N) is 2. The van der Waals surface area contributed by atoms with E-state index in [-0.39, 0.29) is 5.82 Å². The van der Waals surface area contributed by atoms with Crippen LogP contribution in [0.25, 0.3) is 0 Å². The van der Waals surface area contributed by atoms with Gasteiger partial charge in [0.15, 0.2) is 0 Å². The Kier molecular flexibility index (Phi) is 6.56. The van der Waals surface area contributed by atoms with E-state index < -0.39 is 0 Å². The van der Waals surface area contributed by atoms with E-state index in [1.165, 1.54) is 5.56 Å². The Labute approximate surface area is 138 Å². The maximum absolute atomic E-state index is 14.1. The van der Waals surface area contributed by atoms with Gasteiger partial charge in [0.05, 0.1) is 5.69 Å². The van der Waals surface area contributed by atoms with Gasteiger partial charge in [0, 0.05) is 33.2 Å². The summed E-state index contributed by atoms with van der Waals surface area (Å²) in [5.74, 6) is -0.180. The largest absolute Gasteiger partial charge is 0.368 e. The van der Waals surface area contributed by atoms with Gasteiger partial charge in [0.2, 0.25) is 0 Å². The molecule has 4 heteroatoms. The molecule has 0 aromatic heterocycles. The Bertz CT molecular complexity index is 599. The lowest BCUT2D eigenvalue weighted by Gasteiger charge is -2.21. The Morgan fingerprint density at radius 1 is 0.957 bits per heavy atom. The van der Waals surface area contributed by atoms with Crippen molar-refractivity contribution in [3.8, 4) is 0 Å². The molecule has 0 fully saturated rings. The molecule has 23 heavy (non-hydrogen) atoms. The molecule has 2 aromatic rings. The first-order valence-corrected chi connectivity index (χ1v) is 7.95. The lowest BCUT2D eigenvalue weighted by molar-refractivity contribution is 0.400. The van der Waals surface area contributed by atoms with Gasteiger partial charge in [0.1, 0.15) is 5.82 Å². The first-order valence-electron chi connectivity index (χ1n) is 7.95. The van der Waals surface area contributed by atoms with Crippen molar-refractivity contribution in [1.29, 1.82) is 0 Å². The molecule has 0 aliphatic heterocycles. The smallest absolute Gasteiger partial charge is 0.146 e. The standard InChI is InChI=1S/C19H26FN3/c1-22(2)12-11-21-14-17-9-10-18(20)19(13-17)23(3)15-16-7-5-4-6-8-16/h4-10,13,21H,11-12,14-15H2,1-3H3. The molecule has 1 N–H and O–H groups in total. The van der Waals surface area contributed by atoms with Crippen LogP contribution < -0.4 is 10.2 Å². The first kappa shape index (κ1) is 17.4.